The number of halogens is 2. The molecule has 2 N–H and O–H groups in total. The normalized spacial score (nSPS) is 12.2. The first-order valence-corrected chi connectivity index (χ1v) is 5.09. The zero-order valence-corrected chi connectivity index (χ0v) is 9.80. The highest BCUT2D eigenvalue weighted by Crippen LogP contribution is 2.28. The van der Waals surface area contributed by atoms with E-state index in [1.165, 1.54) is 0 Å². The second kappa shape index (κ2) is 4.66. The molecule has 0 aliphatic heterocycles. The molecule has 1 amide bonds. The van der Waals surface area contributed by atoms with E-state index in [2.05, 4.69) is 15.9 Å². The van der Waals surface area contributed by atoms with Crippen LogP contribution in [-0.4, -0.2) is 12.0 Å². The summed E-state index contributed by atoms with van der Waals surface area (Å²) in [5.41, 5.74) is 5.06. The van der Waals surface area contributed by atoms with Gasteiger partial charge in [0.25, 0.3) is 5.91 Å². The molecule has 0 aliphatic rings. The Kier molecular flexibility index (Phi) is 3.77. The van der Waals surface area contributed by atoms with E-state index < -0.39 is 12.0 Å². The minimum absolute atomic E-state index is 0.508. The smallest absolute Gasteiger partial charge is 0.258 e. The average Bonchev–Trinajstić information content (AvgIpc) is 2.09. The van der Waals surface area contributed by atoms with Crippen molar-refractivity contribution < 1.29 is 9.53 Å². The van der Waals surface area contributed by atoms with Crippen LogP contribution in [0.4, 0.5) is 0 Å². The molecule has 0 heterocycles. The van der Waals surface area contributed by atoms with Crippen LogP contribution in [0.3, 0.4) is 0 Å². The summed E-state index contributed by atoms with van der Waals surface area (Å²) >= 11 is 9.00. The summed E-state index contributed by atoms with van der Waals surface area (Å²) in [7, 11) is 0. The topological polar surface area (TPSA) is 52.3 Å². The summed E-state index contributed by atoms with van der Waals surface area (Å²) in [4.78, 5) is 10.7. The third kappa shape index (κ3) is 2.89. The third-order valence-electron chi connectivity index (χ3n) is 1.60. The Morgan fingerprint density at radius 3 is 2.79 bits per heavy atom. The summed E-state index contributed by atoms with van der Waals surface area (Å²) in [6, 6.07) is 5.03. The minimum atomic E-state index is -0.660. The van der Waals surface area contributed by atoms with Crippen LogP contribution in [-0.2, 0) is 4.79 Å². The molecule has 1 unspecified atom stereocenters. The summed E-state index contributed by atoms with van der Waals surface area (Å²) in [5, 5.41) is 0.593. The van der Waals surface area contributed by atoms with E-state index in [0.29, 0.717) is 15.2 Å². The second-order valence-electron chi connectivity index (χ2n) is 2.74. The van der Waals surface area contributed by atoms with Gasteiger partial charge in [0.15, 0.2) is 6.10 Å². The molecular weight excluding hydrogens is 269 g/mol. The monoisotopic (exact) mass is 277 g/mol. The molecule has 1 rings (SSSR count). The first kappa shape index (κ1) is 11.3. The van der Waals surface area contributed by atoms with Crippen molar-refractivity contribution in [2.75, 3.05) is 0 Å². The summed E-state index contributed by atoms with van der Waals surface area (Å²) < 4.78 is 5.97. The van der Waals surface area contributed by atoms with Gasteiger partial charge in [0.1, 0.15) is 5.75 Å². The lowest BCUT2D eigenvalue weighted by Crippen LogP contribution is -2.30. The molecule has 0 radical (unpaired) electrons. The summed E-state index contributed by atoms with van der Waals surface area (Å²) in [6.45, 7) is 1.59. The van der Waals surface area contributed by atoms with Crippen molar-refractivity contribution in [3.63, 3.8) is 0 Å². The lowest BCUT2D eigenvalue weighted by atomic mass is 10.3. The first-order chi connectivity index (χ1) is 6.50. The SMILES string of the molecule is CC(Oc1ccc(Cl)cc1Br)C(N)=O. The zero-order chi connectivity index (χ0) is 10.7. The number of primary amides is 1. The van der Waals surface area contributed by atoms with Crippen molar-refractivity contribution in [2.45, 2.75) is 13.0 Å². The van der Waals surface area contributed by atoms with Gasteiger partial charge in [-0.1, -0.05) is 11.6 Å². The lowest BCUT2D eigenvalue weighted by Gasteiger charge is -2.12. The summed E-state index contributed by atoms with van der Waals surface area (Å²) in [5.74, 6) is 0.0348. The molecule has 0 bridgehead atoms. The molecule has 3 nitrogen and oxygen atoms in total. The van der Waals surface area contributed by atoms with Gasteiger partial charge >= 0.3 is 0 Å². The predicted molar refractivity (Wildman–Crippen MR) is 58.4 cm³/mol. The van der Waals surface area contributed by atoms with Gasteiger partial charge in [-0.2, -0.15) is 0 Å². The van der Waals surface area contributed by atoms with Crippen LogP contribution in [0, 0.1) is 0 Å². The molecule has 0 fully saturated rings. The van der Waals surface area contributed by atoms with Crippen LogP contribution >= 0.6 is 27.5 Å². The Balaban J connectivity index is 2.82. The van der Waals surface area contributed by atoms with E-state index in [1.807, 2.05) is 0 Å². The average molecular weight is 279 g/mol. The number of carbonyl (C=O) groups is 1. The standard InChI is InChI=1S/C9H9BrClNO2/c1-5(9(12)13)14-8-3-2-6(11)4-7(8)10/h2-5H,1H3,(H2,12,13). The maximum Gasteiger partial charge on any atom is 0.258 e. The van der Waals surface area contributed by atoms with E-state index >= 15 is 0 Å². The van der Waals surface area contributed by atoms with E-state index in [4.69, 9.17) is 22.1 Å². The number of rotatable bonds is 3. The van der Waals surface area contributed by atoms with Gasteiger partial charge < -0.3 is 10.5 Å². The molecule has 1 aromatic rings. The molecule has 0 spiro atoms. The second-order valence-corrected chi connectivity index (χ2v) is 4.03. The van der Waals surface area contributed by atoms with Crippen molar-refractivity contribution in [1.82, 2.24) is 0 Å². The number of hydrogen-bond donors (Lipinski definition) is 1. The maximum atomic E-state index is 10.7. The minimum Gasteiger partial charge on any atom is -0.480 e. The number of amides is 1. The van der Waals surface area contributed by atoms with Crippen molar-refractivity contribution in [1.29, 1.82) is 0 Å². The van der Waals surface area contributed by atoms with Gasteiger partial charge in [-0.15, -0.1) is 0 Å². The van der Waals surface area contributed by atoms with Gasteiger partial charge in [0, 0.05) is 5.02 Å². The zero-order valence-electron chi connectivity index (χ0n) is 7.46. The Morgan fingerprint density at radius 1 is 1.64 bits per heavy atom. The number of carbonyl (C=O) groups excluding carboxylic acids is 1. The maximum absolute atomic E-state index is 10.7. The molecule has 14 heavy (non-hydrogen) atoms. The van der Waals surface area contributed by atoms with Crippen LogP contribution in [0.2, 0.25) is 5.02 Å². The molecule has 0 aliphatic carbocycles. The fraction of sp³-hybridized carbons (Fsp3) is 0.222. The van der Waals surface area contributed by atoms with Crippen molar-refractivity contribution >= 4 is 33.4 Å². The number of nitrogens with two attached hydrogens (primary N) is 1. The fourth-order valence-electron chi connectivity index (χ4n) is 0.819. The quantitative estimate of drug-likeness (QED) is 0.923. The van der Waals surface area contributed by atoms with Gasteiger partial charge in [-0.05, 0) is 41.1 Å². The Labute approximate surface area is 95.3 Å². The van der Waals surface area contributed by atoms with Crippen molar-refractivity contribution in [3.05, 3.63) is 27.7 Å². The fourth-order valence-corrected chi connectivity index (χ4v) is 1.60. The molecule has 0 saturated carbocycles. The molecule has 1 aromatic carbocycles. The highest BCUT2D eigenvalue weighted by atomic mass is 79.9. The summed E-state index contributed by atoms with van der Waals surface area (Å²) in [6.07, 6.45) is -0.660. The predicted octanol–water partition coefficient (Wildman–Crippen LogP) is 2.36. The van der Waals surface area contributed by atoms with Crippen LogP contribution < -0.4 is 10.5 Å². The number of hydrogen-bond acceptors (Lipinski definition) is 2. The molecule has 5 heteroatoms. The highest BCUT2D eigenvalue weighted by molar-refractivity contribution is 9.10. The van der Waals surface area contributed by atoms with Crippen LogP contribution in [0.1, 0.15) is 6.92 Å². The highest BCUT2D eigenvalue weighted by Gasteiger charge is 2.12. The molecular formula is C9H9BrClNO2. The van der Waals surface area contributed by atoms with Crippen molar-refractivity contribution in [3.8, 4) is 5.75 Å². The van der Waals surface area contributed by atoms with Gasteiger partial charge in [-0.25, -0.2) is 0 Å². The molecule has 0 aromatic heterocycles. The van der Waals surface area contributed by atoms with Crippen LogP contribution in [0.15, 0.2) is 22.7 Å². The van der Waals surface area contributed by atoms with E-state index in [0.717, 1.165) is 0 Å². The van der Waals surface area contributed by atoms with Crippen LogP contribution in [0.25, 0.3) is 0 Å². The number of ether oxygens (including phenoxy) is 1. The van der Waals surface area contributed by atoms with Crippen LogP contribution in [0.5, 0.6) is 5.75 Å². The molecule has 76 valence electrons. The molecule has 0 saturated heterocycles. The number of benzene rings is 1. The van der Waals surface area contributed by atoms with E-state index in [-0.39, 0.29) is 0 Å². The van der Waals surface area contributed by atoms with Gasteiger partial charge in [0.2, 0.25) is 0 Å². The Morgan fingerprint density at radius 2 is 2.29 bits per heavy atom. The van der Waals surface area contributed by atoms with Gasteiger partial charge in [-0.3, -0.25) is 4.79 Å². The Hall–Kier alpha value is -0.740. The van der Waals surface area contributed by atoms with Gasteiger partial charge in [0.05, 0.1) is 4.47 Å². The lowest BCUT2D eigenvalue weighted by molar-refractivity contribution is -0.124. The first-order valence-electron chi connectivity index (χ1n) is 3.91. The van der Waals surface area contributed by atoms with E-state index in [9.17, 15) is 4.79 Å². The Bertz CT molecular complexity index is 357. The largest absolute Gasteiger partial charge is 0.480 e. The van der Waals surface area contributed by atoms with E-state index in [1.54, 1.807) is 25.1 Å². The molecule has 1 atom stereocenters. The third-order valence-corrected chi connectivity index (χ3v) is 2.45. The van der Waals surface area contributed by atoms with Crippen molar-refractivity contribution in [2.24, 2.45) is 5.73 Å².